The van der Waals surface area contributed by atoms with Crippen molar-refractivity contribution in [1.82, 2.24) is 16.0 Å². The number of aliphatic hydroxyl groups is 1. The molecule has 2 unspecified atom stereocenters. The van der Waals surface area contributed by atoms with Crippen molar-refractivity contribution >= 4 is 40.6 Å². The van der Waals surface area contributed by atoms with E-state index in [-0.39, 0.29) is 19.6 Å². The lowest BCUT2D eigenvalue weighted by Crippen LogP contribution is -2.52. The molecule has 3 rings (SSSR count). The molecule has 8 nitrogen and oxygen atoms in total. The van der Waals surface area contributed by atoms with Crippen LogP contribution in [0.15, 0.2) is 54.6 Å². The number of urea groups is 1. The Labute approximate surface area is 187 Å². The Hall–Kier alpha value is -2.66. The predicted molar refractivity (Wildman–Crippen MR) is 117 cm³/mol. The Morgan fingerprint density at radius 1 is 1.13 bits per heavy atom. The molecule has 4 N–H and O–H groups in total. The lowest BCUT2D eigenvalue weighted by Gasteiger charge is -2.31. The smallest absolute Gasteiger partial charge is 0.407 e. The zero-order valence-corrected chi connectivity index (χ0v) is 18.2. The number of carbonyl (C=O) groups excluding carboxylic acids is 3. The number of amides is 4. The number of aliphatic hydroxyl groups excluding tert-OH is 1. The first-order chi connectivity index (χ1) is 14.4. The van der Waals surface area contributed by atoms with Gasteiger partial charge in [0.15, 0.2) is 5.54 Å². The van der Waals surface area contributed by atoms with E-state index < -0.39 is 29.7 Å². The second-order valence-corrected chi connectivity index (χ2v) is 8.17. The molecule has 1 aliphatic heterocycles. The fraction of sp³-hybridized carbons (Fsp3) is 0.286. The predicted octanol–water partition coefficient (Wildman–Crippen LogP) is 2.61. The van der Waals surface area contributed by atoms with Gasteiger partial charge < -0.3 is 20.5 Å². The number of alkyl carbamates (subject to hydrolysis) is 1. The van der Waals surface area contributed by atoms with Gasteiger partial charge in [0, 0.05) is 10.1 Å². The summed E-state index contributed by atoms with van der Waals surface area (Å²) in [7, 11) is 0. The van der Waals surface area contributed by atoms with Gasteiger partial charge in [0.1, 0.15) is 12.7 Å². The monoisotopic (exact) mass is 523 g/mol. The molecular formula is C21H22IN3O5. The first kappa shape index (κ1) is 22.0. The average Bonchev–Trinajstić information content (AvgIpc) is 3.04. The van der Waals surface area contributed by atoms with E-state index in [9.17, 15) is 19.5 Å². The molecule has 0 aliphatic carbocycles. The van der Waals surface area contributed by atoms with Crippen LogP contribution in [0, 0.1) is 3.57 Å². The maximum atomic E-state index is 12.5. The van der Waals surface area contributed by atoms with E-state index >= 15 is 0 Å². The third-order valence-corrected chi connectivity index (χ3v) is 5.57. The van der Waals surface area contributed by atoms with Gasteiger partial charge in [-0.1, -0.05) is 42.5 Å². The molecule has 4 amide bonds. The van der Waals surface area contributed by atoms with Gasteiger partial charge in [-0.3, -0.25) is 10.1 Å². The van der Waals surface area contributed by atoms with Gasteiger partial charge in [0.05, 0.1) is 0 Å². The molecule has 9 heteroatoms. The van der Waals surface area contributed by atoms with E-state index in [0.717, 1.165) is 9.13 Å². The van der Waals surface area contributed by atoms with Crippen LogP contribution in [0.5, 0.6) is 0 Å². The molecule has 2 aromatic rings. The first-order valence-corrected chi connectivity index (χ1v) is 10.5. The molecular weight excluding hydrogens is 501 g/mol. The van der Waals surface area contributed by atoms with Crippen LogP contribution in [0.2, 0.25) is 0 Å². The summed E-state index contributed by atoms with van der Waals surface area (Å²) in [5.74, 6) is -0.592. The molecule has 0 aromatic heterocycles. The fourth-order valence-electron chi connectivity index (χ4n) is 3.27. The molecule has 30 heavy (non-hydrogen) atoms. The van der Waals surface area contributed by atoms with Gasteiger partial charge in [-0.25, -0.2) is 9.59 Å². The molecule has 0 saturated carbocycles. The molecule has 1 heterocycles. The maximum absolute atomic E-state index is 12.5. The normalized spacial score (nSPS) is 19.0. The second kappa shape index (κ2) is 9.90. The molecule has 2 atom stereocenters. The summed E-state index contributed by atoms with van der Waals surface area (Å²) < 4.78 is 6.12. The SMILES string of the molecule is O=C1NC(=O)C(CCCNC(=O)OCc2ccccc2)(C(O)c2ccc(I)cc2)N1. The van der Waals surface area contributed by atoms with E-state index in [1.54, 1.807) is 12.1 Å². The van der Waals surface area contributed by atoms with Crippen molar-refractivity contribution in [3.8, 4) is 0 Å². The topological polar surface area (TPSA) is 117 Å². The number of halogens is 1. The molecule has 0 spiro atoms. The summed E-state index contributed by atoms with van der Waals surface area (Å²) in [6.45, 7) is 0.374. The van der Waals surface area contributed by atoms with E-state index in [0.29, 0.717) is 12.0 Å². The zero-order chi connectivity index (χ0) is 21.6. The van der Waals surface area contributed by atoms with Gasteiger partial charge >= 0.3 is 12.1 Å². The first-order valence-electron chi connectivity index (χ1n) is 9.42. The summed E-state index contributed by atoms with van der Waals surface area (Å²) in [6, 6.07) is 15.7. The second-order valence-electron chi connectivity index (χ2n) is 6.93. The lowest BCUT2D eigenvalue weighted by atomic mass is 9.83. The van der Waals surface area contributed by atoms with Gasteiger partial charge in [0.25, 0.3) is 5.91 Å². The Morgan fingerprint density at radius 2 is 1.83 bits per heavy atom. The molecule has 158 valence electrons. The van der Waals surface area contributed by atoms with Crippen LogP contribution >= 0.6 is 22.6 Å². The molecule has 1 aliphatic rings. The maximum Gasteiger partial charge on any atom is 0.407 e. The largest absolute Gasteiger partial charge is 0.445 e. The Kier molecular flexibility index (Phi) is 7.27. The zero-order valence-electron chi connectivity index (χ0n) is 16.1. The Balaban J connectivity index is 1.55. The van der Waals surface area contributed by atoms with E-state index in [2.05, 4.69) is 38.5 Å². The third kappa shape index (κ3) is 5.28. The van der Waals surface area contributed by atoms with E-state index in [1.165, 1.54) is 0 Å². The van der Waals surface area contributed by atoms with Gasteiger partial charge in [-0.2, -0.15) is 0 Å². The molecule has 1 fully saturated rings. The highest BCUT2D eigenvalue weighted by atomic mass is 127. The Morgan fingerprint density at radius 3 is 2.47 bits per heavy atom. The van der Waals surface area contributed by atoms with Crippen LogP contribution in [-0.2, 0) is 16.1 Å². The van der Waals surface area contributed by atoms with Crippen LogP contribution in [0.1, 0.15) is 30.1 Å². The summed E-state index contributed by atoms with van der Waals surface area (Å²) in [5, 5.41) is 18.3. The lowest BCUT2D eigenvalue weighted by molar-refractivity contribution is -0.128. The molecule has 0 bridgehead atoms. The van der Waals surface area contributed by atoms with Crippen LogP contribution in [-0.4, -0.2) is 35.2 Å². The number of nitrogens with one attached hydrogen (secondary N) is 3. The minimum atomic E-state index is -1.50. The summed E-state index contributed by atoms with van der Waals surface area (Å²) >= 11 is 2.14. The minimum Gasteiger partial charge on any atom is -0.445 e. The minimum absolute atomic E-state index is 0.136. The van der Waals surface area contributed by atoms with Crippen molar-refractivity contribution in [2.75, 3.05) is 6.54 Å². The Bertz CT molecular complexity index is 907. The molecule has 2 aromatic carbocycles. The van der Waals surface area contributed by atoms with Crippen molar-refractivity contribution in [1.29, 1.82) is 0 Å². The summed E-state index contributed by atoms with van der Waals surface area (Å²) in [6.07, 6.45) is -1.33. The number of imide groups is 1. The molecule has 0 radical (unpaired) electrons. The highest BCUT2D eigenvalue weighted by molar-refractivity contribution is 14.1. The van der Waals surface area contributed by atoms with Gasteiger partial charge in [-0.05, 0) is 58.7 Å². The van der Waals surface area contributed by atoms with Gasteiger partial charge in [-0.15, -0.1) is 0 Å². The fourth-order valence-corrected chi connectivity index (χ4v) is 3.63. The number of hydrogen-bond donors (Lipinski definition) is 4. The van der Waals surface area contributed by atoms with E-state index in [4.69, 9.17) is 4.74 Å². The molecule has 1 saturated heterocycles. The highest BCUT2D eigenvalue weighted by Gasteiger charge is 2.51. The van der Waals surface area contributed by atoms with Crippen LogP contribution in [0.25, 0.3) is 0 Å². The standard InChI is InChI=1S/C21H22IN3O5/c22-16-9-7-15(8-10-16)17(26)21(18(27)24-19(28)25-21)11-4-12-23-20(29)30-13-14-5-2-1-3-6-14/h1-3,5-10,17,26H,4,11-13H2,(H,23,29)(H2,24,25,27,28). The number of benzene rings is 2. The van der Waals surface area contributed by atoms with Crippen LogP contribution < -0.4 is 16.0 Å². The summed E-state index contributed by atoms with van der Waals surface area (Å²) in [4.78, 5) is 36.1. The number of rotatable bonds is 8. The third-order valence-electron chi connectivity index (χ3n) is 4.85. The number of ether oxygens (including phenoxy) is 1. The van der Waals surface area contributed by atoms with Crippen LogP contribution in [0.3, 0.4) is 0 Å². The van der Waals surface area contributed by atoms with Crippen molar-refractivity contribution in [2.45, 2.75) is 31.1 Å². The average molecular weight is 523 g/mol. The van der Waals surface area contributed by atoms with Crippen molar-refractivity contribution in [2.24, 2.45) is 0 Å². The van der Waals surface area contributed by atoms with Crippen molar-refractivity contribution < 1.29 is 24.2 Å². The quantitative estimate of drug-likeness (QED) is 0.241. The number of hydrogen-bond acceptors (Lipinski definition) is 5. The van der Waals surface area contributed by atoms with E-state index in [1.807, 2.05) is 42.5 Å². The van der Waals surface area contributed by atoms with Crippen molar-refractivity contribution in [3.05, 3.63) is 69.3 Å². The van der Waals surface area contributed by atoms with Gasteiger partial charge in [0.2, 0.25) is 0 Å². The van der Waals surface area contributed by atoms with Crippen LogP contribution in [0.4, 0.5) is 9.59 Å². The number of carbonyl (C=O) groups is 3. The van der Waals surface area contributed by atoms with Crippen molar-refractivity contribution in [3.63, 3.8) is 0 Å². The summed E-state index contributed by atoms with van der Waals surface area (Å²) in [5.41, 5.74) is -0.111. The highest BCUT2D eigenvalue weighted by Crippen LogP contribution is 2.33.